The van der Waals surface area contributed by atoms with Gasteiger partial charge in [0, 0.05) is 0 Å². The maximum atomic E-state index is 3.83. The quantitative estimate of drug-likeness (QED) is 0.513. The van der Waals surface area contributed by atoms with Crippen LogP contribution in [0.2, 0.25) is 0 Å². The van der Waals surface area contributed by atoms with E-state index in [2.05, 4.69) is 26.0 Å². The summed E-state index contributed by atoms with van der Waals surface area (Å²) in [6.07, 6.45) is 3.50. The molecule has 0 saturated heterocycles. The number of hydrogen-bond acceptors (Lipinski definition) is 1. The predicted molar refractivity (Wildman–Crippen MR) is 35.8 cm³/mol. The van der Waals surface area contributed by atoms with E-state index in [4.69, 9.17) is 0 Å². The molecule has 0 saturated carbocycles. The third-order valence-corrected chi connectivity index (χ3v) is 0.997. The molecule has 1 aromatic rings. The van der Waals surface area contributed by atoms with Crippen LogP contribution in [-0.4, -0.2) is 26.0 Å². The number of nitrogens with zero attached hydrogens (tertiary/aromatic N) is 1. The summed E-state index contributed by atoms with van der Waals surface area (Å²) in [4.78, 5) is 6.69. The van der Waals surface area contributed by atoms with Crippen molar-refractivity contribution in [1.29, 1.82) is 0 Å². The van der Waals surface area contributed by atoms with Crippen LogP contribution in [0.25, 0.3) is 0 Å². The molecule has 1 rings (SSSR count). The van der Waals surface area contributed by atoms with Crippen molar-refractivity contribution in [1.82, 2.24) is 9.97 Å². The van der Waals surface area contributed by atoms with Gasteiger partial charge in [0.2, 0.25) is 0 Å². The minimum absolute atomic E-state index is 0. The minimum atomic E-state index is 0. The Labute approximate surface area is 57.0 Å². The molecule has 1 aromatic heterocycles. The third kappa shape index (κ3) is 2.02. The van der Waals surface area contributed by atoms with E-state index < -0.39 is 0 Å². The first-order chi connectivity index (χ1) is 2.89. The van der Waals surface area contributed by atoms with Gasteiger partial charge in [0.05, 0.1) is 0 Å². The molecule has 0 aliphatic rings. The molecule has 7 heavy (non-hydrogen) atoms. The van der Waals surface area contributed by atoms with Crippen molar-refractivity contribution in [2.24, 2.45) is 0 Å². The summed E-state index contributed by atoms with van der Waals surface area (Å²) in [5, 5.41) is 0. The molecule has 4 heteroatoms. The number of rotatable bonds is 0. The van der Waals surface area contributed by atoms with Gasteiger partial charge in [-0.15, -0.1) is 0 Å². The Bertz CT molecular complexity index is 116. The molecule has 0 aliphatic carbocycles. The van der Waals surface area contributed by atoms with Gasteiger partial charge in [0.15, 0.2) is 0 Å². The van der Waals surface area contributed by atoms with Crippen LogP contribution in [0.4, 0.5) is 0 Å². The van der Waals surface area contributed by atoms with E-state index in [0.717, 1.165) is 4.72 Å². The summed E-state index contributed by atoms with van der Waals surface area (Å²) in [6.45, 7) is 0. The van der Waals surface area contributed by atoms with Crippen LogP contribution in [0.1, 0.15) is 0 Å². The number of aromatic nitrogens is 2. The zero-order valence-electron chi connectivity index (χ0n) is 3.55. The topological polar surface area (TPSA) is 28.7 Å². The summed E-state index contributed by atoms with van der Waals surface area (Å²) >= 11 is 2.32. The van der Waals surface area contributed by atoms with Crippen LogP contribution in [0.5, 0.6) is 0 Å². The van der Waals surface area contributed by atoms with E-state index >= 15 is 0 Å². The van der Waals surface area contributed by atoms with Crippen molar-refractivity contribution in [2.45, 2.75) is 0 Å². The van der Waals surface area contributed by atoms with E-state index in [1.807, 2.05) is 0 Å². The van der Waals surface area contributed by atoms with E-state index in [9.17, 15) is 0 Å². The summed E-state index contributed by atoms with van der Waals surface area (Å²) in [5.41, 5.74) is 0. The molecule has 0 unspecified atom stereocenters. The molecule has 0 atom stereocenters. The Hall–Kier alpha value is 0.0795. The number of nitrogens with one attached hydrogen (secondary N) is 1. The maximum absolute atomic E-state index is 3.83. The van der Waals surface area contributed by atoms with Crippen molar-refractivity contribution in [2.75, 3.05) is 0 Å². The van der Waals surface area contributed by atoms with E-state index in [-0.39, 0.29) is 13.5 Å². The van der Waals surface area contributed by atoms with Gasteiger partial charge in [0.1, 0.15) is 0 Å². The van der Waals surface area contributed by atoms with Gasteiger partial charge in [-0.25, -0.2) is 0 Å². The monoisotopic (exact) mass is 182 g/mol. The van der Waals surface area contributed by atoms with Crippen LogP contribution in [0, 0.1) is 0 Å². The van der Waals surface area contributed by atoms with Gasteiger partial charge in [-0.1, -0.05) is 0 Å². The molecule has 1 heterocycles. The summed E-state index contributed by atoms with van der Waals surface area (Å²) in [6, 6.07) is 0. The van der Waals surface area contributed by atoms with Gasteiger partial charge >= 0.3 is 43.1 Å². The predicted octanol–water partition coefficient (Wildman–Crippen LogP) is -0.951. The molecule has 40 valence electrons. The molecule has 2 nitrogen and oxygen atoms in total. The molecule has 0 bridgehead atoms. The zero-order chi connectivity index (χ0) is 4.41. The van der Waals surface area contributed by atoms with Crippen LogP contribution < -0.4 is 4.72 Å². The number of H-pyrrole nitrogens is 1. The first kappa shape index (κ1) is 7.08. The van der Waals surface area contributed by atoms with Crippen LogP contribution in [-0.2, 0) is 0 Å². The summed E-state index contributed by atoms with van der Waals surface area (Å²) in [7, 11) is 0. The summed E-state index contributed by atoms with van der Waals surface area (Å²) in [5.74, 6) is 0. The number of hydrogen-bond donors (Lipinski definition) is 1. The van der Waals surface area contributed by atoms with E-state index in [1.54, 1.807) is 12.4 Å². The molecule has 0 fully saturated rings. The fourth-order valence-electron chi connectivity index (χ4n) is 0.257. The van der Waals surface area contributed by atoms with Gasteiger partial charge in [-0.05, 0) is 0 Å². The molecule has 1 N–H and O–H groups in total. The normalized spacial score (nSPS) is 7.57. The fraction of sp³-hybridized carbons (Fsp3) is 0. The summed E-state index contributed by atoms with van der Waals surface area (Å²) < 4.78 is 0.905. The Balaban J connectivity index is 0.000000360. The average molecular weight is 181 g/mol. The van der Waals surface area contributed by atoms with Crippen molar-refractivity contribution < 1.29 is 0 Å². The second-order valence-corrected chi connectivity index (χ2v) is 1.80. The standard InChI is InChI=1S/C3H4N2Se.H2S/c6-3-4-1-2-5-3;/h1-2H,(H2,4,5,6);1H2. The average Bonchev–Trinajstić information content (AvgIpc) is 1.86. The van der Waals surface area contributed by atoms with Gasteiger partial charge in [0.25, 0.3) is 0 Å². The molecule has 0 amide bonds. The van der Waals surface area contributed by atoms with Crippen LogP contribution >= 0.6 is 13.5 Å². The van der Waals surface area contributed by atoms with Crippen molar-refractivity contribution in [3.05, 3.63) is 12.4 Å². The molecule has 0 radical (unpaired) electrons. The molecular weight excluding hydrogens is 175 g/mol. The Morgan fingerprint density at radius 1 is 1.71 bits per heavy atom. The van der Waals surface area contributed by atoms with E-state index in [1.165, 1.54) is 0 Å². The Kier molecular flexibility index (Phi) is 3.17. The Morgan fingerprint density at radius 3 is 2.57 bits per heavy atom. The van der Waals surface area contributed by atoms with Gasteiger partial charge in [-0.3, -0.25) is 0 Å². The van der Waals surface area contributed by atoms with Crippen molar-refractivity contribution >= 4 is 34.2 Å². The van der Waals surface area contributed by atoms with Gasteiger partial charge in [-0.2, -0.15) is 13.5 Å². The van der Waals surface area contributed by atoms with Crippen LogP contribution in [0.3, 0.4) is 0 Å². The van der Waals surface area contributed by atoms with E-state index in [0.29, 0.717) is 0 Å². The number of imidazole rings is 1. The first-order valence-corrected chi connectivity index (χ1v) is 2.52. The van der Waals surface area contributed by atoms with Crippen molar-refractivity contribution in [3.63, 3.8) is 0 Å². The SMILES string of the molecule is S.[SeH]c1ncc[nH]1. The molecule has 0 aliphatic heterocycles. The van der Waals surface area contributed by atoms with Gasteiger partial charge < -0.3 is 0 Å². The van der Waals surface area contributed by atoms with Crippen molar-refractivity contribution in [3.8, 4) is 0 Å². The second kappa shape index (κ2) is 3.13. The number of aromatic amines is 1. The van der Waals surface area contributed by atoms with Crippen LogP contribution in [0.15, 0.2) is 12.4 Å². The molecule has 0 aromatic carbocycles. The first-order valence-electron chi connectivity index (χ1n) is 1.58. The molecule has 0 spiro atoms. The Morgan fingerprint density at radius 2 is 2.43 bits per heavy atom. The third-order valence-electron chi connectivity index (χ3n) is 0.484. The fourth-order valence-corrected chi connectivity index (χ4v) is 0.553. The second-order valence-electron chi connectivity index (χ2n) is 0.913. The zero-order valence-corrected chi connectivity index (χ0v) is 6.43. The molecular formula is C3H6N2SSe.